The zero-order valence-corrected chi connectivity index (χ0v) is 17.2. The van der Waals surface area contributed by atoms with E-state index in [4.69, 9.17) is 4.74 Å². The molecule has 3 fully saturated rings. The lowest BCUT2D eigenvalue weighted by Gasteiger charge is -2.63. The van der Waals surface area contributed by atoms with Crippen LogP contribution < -0.4 is 4.74 Å². The number of aromatic hydroxyl groups is 1. The summed E-state index contributed by atoms with van der Waals surface area (Å²) in [4.78, 5) is 16.3. The first-order valence-corrected chi connectivity index (χ1v) is 11.2. The van der Waals surface area contributed by atoms with Crippen LogP contribution in [0.1, 0.15) is 57.6 Å². The molecule has 2 aliphatic heterocycles. The van der Waals surface area contributed by atoms with E-state index >= 15 is 0 Å². The summed E-state index contributed by atoms with van der Waals surface area (Å²) in [6.45, 7) is 8.78. The summed E-state index contributed by atoms with van der Waals surface area (Å²) in [5, 5.41) is 10.6. The number of hydrogen-bond acceptors (Lipinski definition) is 4. The minimum Gasteiger partial charge on any atom is -0.504 e. The van der Waals surface area contributed by atoms with Crippen molar-refractivity contribution in [2.75, 3.05) is 13.1 Å². The number of Topliss-reactive ketones (excluding diaryl/α,β-unsaturated/α-hetero) is 1. The Morgan fingerprint density at radius 2 is 2.07 bits per heavy atom. The summed E-state index contributed by atoms with van der Waals surface area (Å²) in [6.07, 6.45) is 5.70. The molecule has 2 bridgehead atoms. The van der Waals surface area contributed by atoms with Gasteiger partial charge in [0.05, 0.1) is 0 Å². The summed E-state index contributed by atoms with van der Waals surface area (Å²) in [5.41, 5.74) is 1.84. The number of carbonyl (C=O) groups is 1. The molecule has 4 heteroatoms. The van der Waals surface area contributed by atoms with Crippen LogP contribution in [0.5, 0.6) is 11.5 Å². The molecule has 150 valence electrons. The van der Waals surface area contributed by atoms with Crippen LogP contribution in [0.2, 0.25) is 0 Å². The molecule has 6 rings (SSSR count). The molecule has 0 aromatic heterocycles. The van der Waals surface area contributed by atoms with Gasteiger partial charge in [0.2, 0.25) is 0 Å². The number of rotatable bonds is 2. The van der Waals surface area contributed by atoms with Gasteiger partial charge in [-0.25, -0.2) is 0 Å². The van der Waals surface area contributed by atoms with Gasteiger partial charge in [0.15, 0.2) is 23.4 Å². The topological polar surface area (TPSA) is 49.8 Å². The number of phenolic OH excluding ortho intramolecular Hbond substituents is 1. The van der Waals surface area contributed by atoms with Crippen molar-refractivity contribution in [2.24, 2.45) is 23.2 Å². The second-order valence-corrected chi connectivity index (χ2v) is 10.7. The Labute approximate surface area is 167 Å². The molecule has 0 radical (unpaired) electrons. The summed E-state index contributed by atoms with van der Waals surface area (Å²) in [5.74, 6) is 2.61. The number of likely N-dealkylation sites (tertiary alicyclic amines) is 1. The standard InChI is InChI=1S/C24H31NO3/c1-13-18-16-11-15-7-8-17(26)20-19(15)24(18,22(28-20)21(27)23(13,2)3)9-10-25(16)12-14-5-4-6-14/h7-8,13-14,16,18,22,26H,4-6,9-12H2,1-3H3/t13?,16-,18+,22?,24+/m1/s1. The van der Waals surface area contributed by atoms with E-state index in [1.807, 2.05) is 0 Å². The molecule has 1 spiro atoms. The van der Waals surface area contributed by atoms with Crippen molar-refractivity contribution in [2.45, 2.75) is 70.4 Å². The van der Waals surface area contributed by atoms with Gasteiger partial charge in [0.25, 0.3) is 0 Å². The molecule has 4 nitrogen and oxygen atoms in total. The lowest BCUT2D eigenvalue weighted by atomic mass is 9.44. The lowest BCUT2D eigenvalue weighted by Crippen LogP contribution is -2.72. The Balaban J connectivity index is 1.54. The number of benzene rings is 1. The maximum Gasteiger partial charge on any atom is 0.180 e. The maximum absolute atomic E-state index is 13.6. The Kier molecular flexibility index (Phi) is 3.29. The van der Waals surface area contributed by atoms with Crippen molar-refractivity contribution in [3.05, 3.63) is 23.3 Å². The van der Waals surface area contributed by atoms with Crippen molar-refractivity contribution < 1.29 is 14.6 Å². The molecule has 28 heavy (non-hydrogen) atoms. The quantitative estimate of drug-likeness (QED) is 0.849. The van der Waals surface area contributed by atoms with Gasteiger partial charge in [0, 0.05) is 29.0 Å². The van der Waals surface area contributed by atoms with Crippen LogP contribution in [-0.4, -0.2) is 41.0 Å². The van der Waals surface area contributed by atoms with Crippen molar-refractivity contribution in [3.63, 3.8) is 0 Å². The predicted octanol–water partition coefficient (Wildman–Crippen LogP) is 3.68. The first kappa shape index (κ1) is 17.3. The third kappa shape index (κ3) is 1.84. The summed E-state index contributed by atoms with van der Waals surface area (Å²) >= 11 is 0. The Hall–Kier alpha value is -1.55. The average molecular weight is 382 g/mol. The highest BCUT2D eigenvalue weighted by molar-refractivity contribution is 5.93. The van der Waals surface area contributed by atoms with Crippen LogP contribution in [0.15, 0.2) is 12.1 Å². The normalized spacial score (nSPS) is 40.6. The van der Waals surface area contributed by atoms with E-state index < -0.39 is 11.5 Å². The molecule has 5 aliphatic rings. The maximum atomic E-state index is 13.6. The average Bonchev–Trinajstić information content (AvgIpc) is 2.97. The van der Waals surface area contributed by atoms with Crippen molar-refractivity contribution >= 4 is 5.78 Å². The van der Waals surface area contributed by atoms with Crippen LogP contribution in [-0.2, 0) is 16.6 Å². The second-order valence-electron chi connectivity index (χ2n) is 10.7. The second kappa shape index (κ2) is 5.33. The van der Waals surface area contributed by atoms with Gasteiger partial charge >= 0.3 is 0 Å². The smallest absolute Gasteiger partial charge is 0.180 e. The lowest BCUT2D eigenvalue weighted by molar-refractivity contribution is -0.163. The number of ketones is 1. The van der Waals surface area contributed by atoms with Gasteiger partial charge in [-0.05, 0) is 61.6 Å². The zero-order valence-electron chi connectivity index (χ0n) is 17.2. The van der Waals surface area contributed by atoms with Crippen LogP contribution in [0, 0.1) is 23.2 Å². The molecule has 2 unspecified atom stereocenters. The summed E-state index contributed by atoms with van der Waals surface area (Å²) in [7, 11) is 0. The Morgan fingerprint density at radius 1 is 1.29 bits per heavy atom. The molecule has 1 N–H and O–H groups in total. The Bertz CT molecular complexity index is 873. The van der Waals surface area contributed by atoms with Gasteiger partial charge in [0.1, 0.15) is 0 Å². The third-order valence-corrected chi connectivity index (χ3v) is 9.38. The van der Waals surface area contributed by atoms with Crippen molar-refractivity contribution in [3.8, 4) is 11.5 Å². The van der Waals surface area contributed by atoms with E-state index in [0.717, 1.165) is 25.3 Å². The van der Waals surface area contributed by atoms with Crippen molar-refractivity contribution in [1.29, 1.82) is 0 Å². The molecular formula is C24H31NO3. The molecular weight excluding hydrogens is 350 g/mol. The number of hydrogen-bond donors (Lipinski definition) is 1. The number of carbonyl (C=O) groups excluding carboxylic acids is 1. The fourth-order valence-corrected chi connectivity index (χ4v) is 7.39. The molecule has 0 amide bonds. The molecule has 2 heterocycles. The predicted molar refractivity (Wildman–Crippen MR) is 107 cm³/mol. The highest BCUT2D eigenvalue weighted by Gasteiger charge is 2.71. The first-order chi connectivity index (χ1) is 13.4. The number of nitrogens with zero attached hydrogens (tertiary/aromatic N) is 1. The highest BCUT2D eigenvalue weighted by Crippen LogP contribution is 2.66. The number of phenols is 1. The first-order valence-electron chi connectivity index (χ1n) is 11.2. The molecule has 2 saturated carbocycles. The van der Waals surface area contributed by atoms with Crippen LogP contribution >= 0.6 is 0 Å². The van der Waals surface area contributed by atoms with E-state index in [-0.39, 0.29) is 16.9 Å². The fraction of sp³-hybridized carbons (Fsp3) is 0.708. The van der Waals surface area contributed by atoms with Gasteiger partial charge in [-0.1, -0.05) is 33.3 Å². The summed E-state index contributed by atoms with van der Waals surface area (Å²) < 4.78 is 6.34. The van der Waals surface area contributed by atoms with E-state index in [0.29, 0.717) is 23.6 Å². The van der Waals surface area contributed by atoms with Crippen LogP contribution in [0.25, 0.3) is 0 Å². The third-order valence-electron chi connectivity index (χ3n) is 9.38. The zero-order chi connectivity index (χ0) is 19.4. The molecule has 3 aliphatic carbocycles. The highest BCUT2D eigenvalue weighted by atomic mass is 16.5. The molecule has 1 aromatic rings. The van der Waals surface area contributed by atoms with Crippen molar-refractivity contribution in [1.82, 2.24) is 4.90 Å². The fourth-order valence-electron chi connectivity index (χ4n) is 7.39. The Morgan fingerprint density at radius 3 is 2.79 bits per heavy atom. The monoisotopic (exact) mass is 381 g/mol. The molecule has 1 aromatic carbocycles. The molecule has 5 atom stereocenters. The van der Waals surface area contributed by atoms with Gasteiger partial charge < -0.3 is 9.84 Å². The number of piperidine rings is 1. The van der Waals surface area contributed by atoms with E-state index in [1.165, 1.54) is 36.9 Å². The minimum absolute atomic E-state index is 0.204. The minimum atomic E-state index is -0.431. The van der Waals surface area contributed by atoms with Gasteiger partial charge in [-0.2, -0.15) is 0 Å². The molecule has 1 saturated heterocycles. The largest absolute Gasteiger partial charge is 0.504 e. The van der Waals surface area contributed by atoms with Gasteiger partial charge in [-0.3, -0.25) is 9.69 Å². The van der Waals surface area contributed by atoms with E-state index in [2.05, 4.69) is 31.7 Å². The van der Waals surface area contributed by atoms with Crippen LogP contribution in [0.4, 0.5) is 0 Å². The van der Waals surface area contributed by atoms with Crippen LogP contribution in [0.3, 0.4) is 0 Å². The van der Waals surface area contributed by atoms with E-state index in [1.54, 1.807) is 6.07 Å². The SMILES string of the molecule is CC1[C@H]2[C@H]3Cc4ccc(O)c5c4[C@@]2(CCN3CC2CCC2)C(O5)C(=O)C1(C)C. The number of ether oxygens (including phenoxy) is 1. The van der Waals surface area contributed by atoms with Gasteiger partial charge in [-0.15, -0.1) is 0 Å². The summed E-state index contributed by atoms with van der Waals surface area (Å²) in [6, 6.07) is 4.34. The van der Waals surface area contributed by atoms with E-state index in [9.17, 15) is 9.90 Å².